The summed E-state index contributed by atoms with van der Waals surface area (Å²) in [7, 11) is -4.11. The maximum absolute atomic E-state index is 14.2. The topological polar surface area (TPSA) is 117 Å². The van der Waals surface area contributed by atoms with Crippen LogP contribution in [0.25, 0.3) is 11.2 Å². The molecule has 3 saturated heterocycles. The van der Waals surface area contributed by atoms with E-state index in [2.05, 4.69) is 79.6 Å². The third-order valence-electron chi connectivity index (χ3n) is 12.9. The highest BCUT2D eigenvalue weighted by Crippen LogP contribution is 2.50. The van der Waals surface area contributed by atoms with Crippen molar-refractivity contribution in [1.29, 1.82) is 0 Å². The van der Waals surface area contributed by atoms with Crippen LogP contribution >= 0.6 is 0 Å². The third kappa shape index (κ3) is 6.63. The van der Waals surface area contributed by atoms with E-state index in [1.165, 1.54) is 0 Å². The molecule has 4 fully saturated rings. The molecule has 3 aliphatic heterocycles. The summed E-state index contributed by atoms with van der Waals surface area (Å²) in [6, 6.07) is -0.274. The number of ether oxygens (including phenoxy) is 5. The lowest BCUT2D eigenvalue weighted by atomic mass is 9.99. The van der Waals surface area contributed by atoms with Crippen molar-refractivity contribution in [2.75, 3.05) is 13.2 Å². The molecule has 0 aromatic carbocycles. The number of fused-ring (bicyclic) bond motifs is 3. The normalized spacial score (nSPS) is 32.7. The molecule has 2 aromatic heterocycles. The van der Waals surface area contributed by atoms with Crippen molar-refractivity contribution < 1.29 is 32.5 Å². The molecule has 1 saturated carbocycles. The zero-order chi connectivity index (χ0) is 37.0. The molecular weight excluding hydrogens is 673 g/mol. The van der Waals surface area contributed by atoms with Crippen molar-refractivity contribution in [3.05, 3.63) is 23.0 Å². The first-order valence-corrected chi connectivity index (χ1v) is 24.3. The molecule has 282 valence electrons. The molecule has 8 atom stereocenters. The van der Waals surface area contributed by atoms with Gasteiger partial charge >= 0.3 is 0 Å². The summed E-state index contributed by atoms with van der Waals surface area (Å²) >= 11 is 0. The maximum atomic E-state index is 14.2. The second-order valence-electron chi connectivity index (χ2n) is 18.8. The molecule has 0 spiro atoms. The van der Waals surface area contributed by atoms with Gasteiger partial charge in [-0.3, -0.25) is 13.9 Å². The molecule has 2 aromatic rings. The Balaban J connectivity index is 1.26. The highest BCUT2D eigenvalue weighted by Gasteiger charge is 2.58. The van der Waals surface area contributed by atoms with E-state index in [-0.39, 0.29) is 57.5 Å². The summed E-state index contributed by atoms with van der Waals surface area (Å²) in [5.74, 6) is -0.992. The highest BCUT2D eigenvalue weighted by atomic mass is 28.4. The second-order valence-corrected chi connectivity index (χ2v) is 28.2. The van der Waals surface area contributed by atoms with Crippen LogP contribution in [0.3, 0.4) is 0 Å². The second kappa shape index (κ2) is 12.5. The van der Waals surface area contributed by atoms with Gasteiger partial charge in [-0.2, -0.15) is 0 Å². The summed E-state index contributed by atoms with van der Waals surface area (Å²) in [5.41, 5.74) is 0.490. The molecular formula is C36H62N4O8Si2. The molecule has 12 nitrogen and oxygen atoms in total. The van der Waals surface area contributed by atoms with Crippen LogP contribution in [-0.2, 0) is 32.5 Å². The van der Waals surface area contributed by atoms with Gasteiger partial charge < -0.3 is 32.5 Å². The fourth-order valence-corrected chi connectivity index (χ4v) is 11.0. The molecule has 1 aliphatic carbocycles. The largest absolute Gasteiger partial charge is 0.416 e. The minimum Gasteiger partial charge on any atom is -0.416 e. The van der Waals surface area contributed by atoms with Gasteiger partial charge in [0.05, 0.1) is 25.1 Å². The SMILES string of the molecule is CC(C)C(C)(C)[Si](C)(C)OC[C@H]1C[C@@H](n2cnc3c(ncn3[C@@H]3O[C@H](CO[Si](C)(C)C(C)(C)C)[C@H]4OC(C)(C)O[C@H]43)c2=O)[C@@H]2OC(C)(C)O[C@H]12. The average Bonchev–Trinajstić information content (AvgIpc) is 3.76. The van der Waals surface area contributed by atoms with Gasteiger partial charge in [-0.1, -0.05) is 48.5 Å². The van der Waals surface area contributed by atoms with Gasteiger partial charge in [0.1, 0.15) is 30.7 Å². The van der Waals surface area contributed by atoms with Crippen LogP contribution in [0.5, 0.6) is 0 Å². The van der Waals surface area contributed by atoms with Crippen molar-refractivity contribution in [1.82, 2.24) is 19.1 Å². The zero-order valence-electron chi connectivity index (χ0n) is 33.0. The van der Waals surface area contributed by atoms with Gasteiger partial charge in [-0.05, 0) is 76.3 Å². The van der Waals surface area contributed by atoms with E-state index < -0.39 is 40.5 Å². The Morgan fingerprint density at radius 2 is 1.38 bits per heavy atom. The lowest BCUT2D eigenvalue weighted by Gasteiger charge is -2.43. The van der Waals surface area contributed by atoms with Crippen LogP contribution in [0.15, 0.2) is 17.4 Å². The van der Waals surface area contributed by atoms with Crippen molar-refractivity contribution in [2.45, 2.75) is 173 Å². The Hall–Kier alpha value is -1.50. The Bertz CT molecular complexity index is 1630. The molecule has 6 rings (SSSR count). The number of aromatic nitrogens is 4. The lowest BCUT2D eigenvalue weighted by Crippen LogP contribution is -2.46. The molecule has 0 N–H and O–H groups in total. The van der Waals surface area contributed by atoms with E-state index in [4.69, 9.17) is 37.5 Å². The molecule has 4 aliphatic rings. The number of rotatable bonds is 10. The first-order chi connectivity index (χ1) is 22.9. The Labute approximate surface area is 300 Å². The Morgan fingerprint density at radius 1 is 0.820 bits per heavy atom. The molecule has 0 bridgehead atoms. The van der Waals surface area contributed by atoms with Gasteiger partial charge in [-0.15, -0.1) is 0 Å². The smallest absolute Gasteiger partial charge is 0.281 e. The van der Waals surface area contributed by atoms with Crippen LogP contribution < -0.4 is 5.56 Å². The zero-order valence-corrected chi connectivity index (χ0v) is 35.0. The Kier molecular flexibility index (Phi) is 9.59. The number of imidazole rings is 1. The summed E-state index contributed by atoms with van der Waals surface area (Å²) < 4.78 is 49.2. The molecule has 14 heteroatoms. The third-order valence-corrected chi connectivity index (χ3v) is 22.0. The fraction of sp³-hybridized carbons (Fsp3) is 0.861. The molecule has 0 radical (unpaired) electrons. The van der Waals surface area contributed by atoms with Gasteiger partial charge in [0.2, 0.25) is 0 Å². The van der Waals surface area contributed by atoms with E-state index in [1.54, 1.807) is 17.2 Å². The summed E-state index contributed by atoms with van der Waals surface area (Å²) in [4.78, 5) is 23.7. The lowest BCUT2D eigenvalue weighted by molar-refractivity contribution is -0.199. The van der Waals surface area contributed by atoms with E-state index in [9.17, 15) is 4.79 Å². The number of hydrogen-bond acceptors (Lipinski definition) is 10. The minimum absolute atomic E-state index is 0.0574. The van der Waals surface area contributed by atoms with Crippen LogP contribution in [0.2, 0.25) is 36.3 Å². The number of hydrogen-bond donors (Lipinski definition) is 0. The standard InChI is InChI=1S/C36H62N4O8Si2/c1-21(2)34(6,7)50(14,15)42-17-22-16-23(27-26(22)45-35(8,9)46-27)39-20-38-30-25(31(39)41)37-19-40(30)32-29-28(47-36(10,11)48-29)24(44-32)18-43-49(12,13)33(3,4)5/h19-24,26-29,32H,16-18H2,1-15H3/t22-,23-,24-,26-,27+,28-,29-,32-/m1/s1. The fourth-order valence-electron chi connectivity index (χ4n) is 7.56. The van der Waals surface area contributed by atoms with Crippen LogP contribution in [0, 0.1) is 11.8 Å². The summed E-state index contributed by atoms with van der Waals surface area (Å²) in [6.07, 6.45) is 1.73. The van der Waals surface area contributed by atoms with Crippen LogP contribution in [0.4, 0.5) is 0 Å². The first kappa shape index (κ1) is 38.2. The highest BCUT2D eigenvalue weighted by molar-refractivity contribution is 6.74. The number of nitrogens with zero attached hydrogens (tertiary/aromatic N) is 4. The van der Waals surface area contributed by atoms with Gasteiger partial charge in [-0.25, -0.2) is 9.97 Å². The molecule has 0 unspecified atom stereocenters. The van der Waals surface area contributed by atoms with Crippen molar-refractivity contribution in [3.8, 4) is 0 Å². The van der Waals surface area contributed by atoms with Crippen molar-refractivity contribution in [3.63, 3.8) is 0 Å². The van der Waals surface area contributed by atoms with E-state index in [1.807, 2.05) is 32.3 Å². The van der Waals surface area contributed by atoms with Crippen LogP contribution in [-0.4, -0.2) is 91.0 Å². The van der Waals surface area contributed by atoms with E-state index in [0.29, 0.717) is 31.2 Å². The average molecular weight is 735 g/mol. The summed E-state index contributed by atoms with van der Waals surface area (Å²) in [6.45, 7) is 33.5. The quantitative estimate of drug-likeness (QED) is 0.242. The van der Waals surface area contributed by atoms with Crippen LogP contribution in [0.1, 0.15) is 94.9 Å². The predicted octanol–water partition coefficient (Wildman–Crippen LogP) is 6.77. The van der Waals surface area contributed by atoms with Gasteiger partial charge in [0.15, 0.2) is 45.6 Å². The van der Waals surface area contributed by atoms with Crippen molar-refractivity contribution in [2.24, 2.45) is 11.8 Å². The monoisotopic (exact) mass is 734 g/mol. The summed E-state index contributed by atoms with van der Waals surface area (Å²) in [5, 5.41) is 0.148. The van der Waals surface area contributed by atoms with Crippen molar-refractivity contribution >= 4 is 27.8 Å². The molecule has 50 heavy (non-hydrogen) atoms. The minimum atomic E-state index is -2.07. The Morgan fingerprint density at radius 3 is 2.00 bits per heavy atom. The van der Waals surface area contributed by atoms with Gasteiger partial charge in [0, 0.05) is 12.5 Å². The van der Waals surface area contributed by atoms with Gasteiger partial charge in [0.25, 0.3) is 5.56 Å². The maximum Gasteiger partial charge on any atom is 0.281 e. The first-order valence-electron chi connectivity index (χ1n) is 18.4. The molecule has 5 heterocycles. The predicted molar refractivity (Wildman–Crippen MR) is 196 cm³/mol. The van der Waals surface area contributed by atoms with E-state index >= 15 is 0 Å². The van der Waals surface area contributed by atoms with E-state index in [0.717, 1.165) is 0 Å². The molecule has 0 amide bonds.